The molecule has 0 heterocycles. The maximum absolute atomic E-state index is 11.7. The molecule has 4 N–H and O–H groups in total. The SMILES string of the molecule is CC(C(=O)Nc1ccccc1Br)C(N)=NO. The number of halogens is 1. The number of anilines is 1. The molecule has 0 spiro atoms. The third-order valence-corrected chi connectivity index (χ3v) is 2.78. The number of nitrogens with two attached hydrogens (primary N) is 1. The van der Waals surface area contributed by atoms with Crippen LogP contribution in [-0.4, -0.2) is 17.0 Å². The molecule has 0 bridgehead atoms. The minimum Gasteiger partial charge on any atom is -0.409 e. The molecule has 0 radical (unpaired) electrons. The van der Waals surface area contributed by atoms with Gasteiger partial charge in [0, 0.05) is 4.47 Å². The normalized spacial score (nSPS) is 13.2. The molecule has 1 rings (SSSR count). The fourth-order valence-electron chi connectivity index (χ4n) is 1.02. The van der Waals surface area contributed by atoms with Crippen molar-refractivity contribution in [2.45, 2.75) is 6.92 Å². The number of amidine groups is 1. The van der Waals surface area contributed by atoms with Crippen molar-refractivity contribution < 1.29 is 10.0 Å². The Hall–Kier alpha value is -1.56. The molecule has 0 aromatic heterocycles. The van der Waals surface area contributed by atoms with E-state index in [0.717, 1.165) is 4.47 Å². The van der Waals surface area contributed by atoms with Crippen LogP contribution in [0.1, 0.15) is 6.92 Å². The summed E-state index contributed by atoms with van der Waals surface area (Å²) in [6, 6.07) is 7.20. The Morgan fingerprint density at radius 3 is 2.75 bits per heavy atom. The number of amides is 1. The number of rotatable bonds is 3. The van der Waals surface area contributed by atoms with Gasteiger partial charge in [0.1, 0.15) is 0 Å². The standard InChI is InChI=1S/C10H12BrN3O2/c1-6(9(12)14-16)10(15)13-8-5-3-2-4-7(8)11/h2-6,16H,1H3,(H2,12,14)(H,13,15). The molecule has 0 saturated carbocycles. The van der Waals surface area contributed by atoms with E-state index in [0.29, 0.717) is 5.69 Å². The van der Waals surface area contributed by atoms with Crippen LogP contribution in [0.5, 0.6) is 0 Å². The highest BCUT2D eigenvalue weighted by Crippen LogP contribution is 2.21. The zero-order chi connectivity index (χ0) is 12.1. The molecule has 6 heteroatoms. The number of hydrogen-bond donors (Lipinski definition) is 3. The second kappa shape index (κ2) is 5.50. The smallest absolute Gasteiger partial charge is 0.234 e. The van der Waals surface area contributed by atoms with Gasteiger partial charge in [-0.2, -0.15) is 0 Å². The molecule has 0 aliphatic carbocycles. The number of carbonyl (C=O) groups is 1. The van der Waals surface area contributed by atoms with Gasteiger partial charge in [0.2, 0.25) is 5.91 Å². The molecule has 16 heavy (non-hydrogen) atoms. The molecule has 1 atom stereocenters. The Balaban J connectivity index is 2.76. The van der Waals surface area contributed by atoms with Crippen LogP contribution in [0.25, 0.3) is 0 Å². The number of hydrogen-bond acceptors (Lipinski definition) is 3. The molecular formula is C10H12BrN3O2. The second-order valence-corrected chi connectivity index (χ2v) is 4.07. The maximum atomic E-state index is 11.7. The van der Waals surface area contributed by atoms with E-state index in [4.69, 9.17) is 10.9 Å². The molecule has 1 aromatic rings. The van der Waals surface area contributed by atoms with Crippen molar-refractivity contribution >= 4 is 33.4 Å². The van der Waals surface area contributed by atoms with Crippen LogP contribution >= 0.6 is 15.9 Å². The van der Waals surface area contributed by atoms with Crippen molar-refractivity contribution in [2.24, 2.45) is 16.8 Å². The molecule has 1 amide bonds. The van der Waals surface area contributed by atoms with Gasteiger partial charge in [-0.05, 0) is 35.0 Å². The van der Waals surface area contributed by atoms with E-state index < -0.39 is 5.92 Å². The van der Waals surface area contributed by atoms with Gasteiger partial charge in [-0.25, -0.2) is 0 Å². The van der Waals surface area contributed by atoms with Crippen molar-refractivity contribution in [2.75, 3.05) is 5.32 Å². The highest BCUT2D eigenvalue weighted by molar-refractivity contribution is 9.10. The predicted molar refractivity (Wildman–Crippen MR) is 65.3 cm³/mol. The molecule has 1 aromatic carbocycles. The van der Waals surface area contributed by atoms with E-state index in [1.165, 1.54) is 0 Å². The van der Waals surface area contributed by atoms with E-state index in [-0.39, 0.29) is 11.7 Å². The summed E-state index contributed by atoms with van der Waals surface area (Å²) in [5.74, 6) is -1.14. The highest BCUT2D eigenvalue weighted by atomic mass is 79.9. The summed E-state index contributed by atoms with van der Waals surface area (Å²) in [6.45, 7) is 1.56. The van der Waals surface area contributed by atoms with Crippen LogP contribution in [-0.2, 0) is 4.79 Å². The van der Waals surface area contributed by atoms with Gasteiger partial charge in [-0.1, -0.05) is 17.3 Å². The summed E-state index contributed by atoms with van der Waals surface area (Å²) >= 11 is 3.30. The molecule has 0 aliphatic heterocycles. The minimum absolute atomic E-state index is 0.121. The largest absolute Gasteiger partial charge is 0.409 e. The number of oxime groups is 1. The Labute approximate surface area is 101 Å². The van der Waals surface area contributed by atoms with Crippen LogP contribution in [0.2, 0.25) is 0 Å². The molecule has 0 aliphatic rings. The first kappa shape index (κ1) is 12.5. The summed E-state index contributed by atoms with van der Waals surface area (Å²) in [6.07, 6.45) is 0. The summed E-state index contributed by atoms with van der Waals surface area (Å²) in [4.78, 5) is 11.7. The van der Waals surface area contributed by atoms with Gasteiger partial charge in [-0.3, -0.25) is 4.79 Å². The maximum Gasteiger partial charge on any atom is 0.234 e. The van der Waals surface area contributed by atoms with E-state index in [1.54, 1.807) is 19.1 Å². The number of nitrogens with one attached hydrogen (secondary N) is 1. The zero-order valence-corrected chi connectivity index (χ0v) is 10.2. The Morgan fingerprint density at radius 1 is 1.56 bits per heavy atom. The second-order valence-electron chi connectivity index (χ2n) is 3.22. The molecule has 86 valence electrons. The van der Waals surface area contributed by atoms with Crippen LogP contribution < -0.4 is 11.1 Å². The van der Waals surface area contributed by atoms with Crippen LogP contribution in [0.4, 0.5) is 5.69 Å². The third kappa shape index (κ3) is 2.96. The average Bonchev–Trinajstić information content (AvgIpc) is 2.30. The third-order valence-electron chi connectivity index (χ3n) is 2.08. The first-order valence-corrected chi connectivity index (χ1v) is 5.38. The Bertz CT molecular complexity index is 420. The number of para-hydroxylation sites is 1. The summed E-state index contributed by atoms with van der Waals surface area (Å²) < 4.78 is 0.773. The van der Waals surface area contributed by atoms with Gasteiger partial charge in [0.05, 0.1) is 11.6 Å². The van der Waals surface area contributed by atoms with E-state index in [1.807, 2.05) is 12.1 Å². The quantitative estimate of drug-likeness (QED) is 0.342. The van der Waals surface area contributed by atoms with E-state index in [9.17, 15) is 4.79 Å². The van der Waals surface area contributed by atoms with Crippen LogP contribution in [0.15, 0.2) is 33.9 Å². The fourth-order valence-corrected chi connectivity index (χ4v) is 1.41. The first-order chi connectivity index (χ1) is 7.56. The highest BCUT2D eigenvalue weighted by Gasteiger charge is 2.18. The van der Waals surface area contributed by atoms with Crippen molar-refractivity contribution in [3.05, 3.63) is 28.7 Å². The lowest BCUT2D eigenvalue weighted by molar-refractivity contribution is -0.117. The van der Waals surface area contributed by atoms with E-state index in [2.05, 4.69) is 26.4 Å². The molecular weight excluding hydrogens is 274 g/mol. The topological polar surface area (TPSA) is 87.7 Å². The van der Waals surface area contributed by atoms with Gasteiger partial charge < -0.3 is 16.3 Å². The van der Waals surface area contributed by atoms with Crippen LogP contribution in [0, 0.1) is 5.92 Å². The first-order valence-electron chi connectivity index (χ1n) is 4.59. The lowest BCUT2D eigenvalue weighted by atomic mass is 10.1. The molecule has 0 fully saturated rings. The average molecular weight is 286 g/mol. The van der Waals surface area contributed by atoms with Gasteiger partial charge >= 0.3 is 0 Å². The summed E-state index contributed by atoms with van der Waals surface area (Å²) in [5.41, 5.74) is 5.98. The van der Waals surface area contributed by atoms with Crippen molar-refractivity contribution in [1.29, 1.82) is 0 Å². The van der Waals surface area contributed by atoms with Crippen molar-refractivity contribution in [3.8, 4) is 0 Å². The van der Waals surface area contributed by atoms with Crippen LogP contribution in [0.3, 0.4) is 0 Å². The number of benzene rings is 1. The molecule has 5 nitrogen and oxygen atoms in total. The number of nitrogens with zero attached hydrogens (tertiary/aromatic N) is 1. The van der Waals surface area contributed by atoms with Crippen molar-refractivity contribution in [1.82, 2.24) is 0 Å². The fraction of sp³-hybridized carbons (Fsp3) is 0.200. The van der Waals surface area contributed by atoms with Gasteiger partial charge in [-0.15, -0.1) is 0 Å². The summed E-state index contributed by atoms with van der Waals surface area (Å²) in [5, 5.41) is 13.9. The Kier molecular flexibility index (Phi) is 4.30. The Morgan fingerprint density at radius 2 is 2.19 bits per heavy atom. The lowest BCUT2D eigenvalue weighted by Crippen LogP contribution is -2.32. The lowest BCUT2D eigenvalue weighted by Gasteiger charge is -2.11. The molecule has 0 saturated heterocycles. The van der Waals surface area contributed by atoms with Crippen molar-refractivity contribution in [3.63, 3.8) is 0 Å². The van der Waals surface area contributed by atoms with E-state index >= 15 is 0 Å². The van der Waals surface area contributed by atoms with Gasteiger partial charge in [0.25, 0.3) is 0 Å². The zero-order valence-electron chi connectivity index (χ0n) is 8.64. The molecule has 1 unspecified atom stereocenters. The number of carbonyl (C=O) groups excluding carboxylic acids is 1. The minimum atomic E-state index is -0.683. The monoisotopic (exact) mass is 285 g/mol. The predicted octanol–water partition coefficient (Wildman–Crippen LogP) is 1.77. The van der Waals surface area contributed by atoms with Gasteiger partial charge in [0.15, 0.2) is 5.84 Å². The summed E-state index contributed by atoms with van der Waals surface area (Å²) in [7, 11) is 0.